The van der Waals surface area contributed by atoms with E-state index in [-0.39, 0.29) is 19.0 Å². The highest BCUT2D eigenvalue weighted by atomic mass is 32.2. The first-order chi connectivity index (χ1) is 17.5. The average molecular weight is 505 g/mol. The van der Waals surface area contributed by atoms with Crippen LogP contribution >= 0.6 is 0 Å². The fraction of sp³-hybridized carbons (Fsp3) is 0.115. The van der Waals surface area contributed by atoms with Gasteiger partial charge >= 0.3 is 10.2 Å². The Balaban J connectivity index is 1.37. The Morgan fingerprint density at radius 3 is 2.25 bits per heavy atom. The van der Waals surface area contributed by atoms with E-state index in [0.717, 1.165) is 27.2 Å². The Morgan fingerprint density at radius 2 is 1.58 bits per heavy atom. The lowest BCUT2D eigenvalue weighted by Gasteiger charge is -2.19. The zero-order valence-electron chi connectivity index (χ0n) is 19.2. The zero-order valence-corrected chi connectivity index (χ0v) is 20.0. The van der Waals surface area contributed by atoms with Crippen LogP contribution in [0.5, 0.6) is 5.75 Å². The van der Waals surface area contributed by atoms with Crippen molar-refractivity contribution in [2.75, 3.05) is 4.31 Å². The van der Waals surface area contributed by atoms with E-state index in [1.54, 1.807) is 22.9 Å². The van der Waals surface area contributed by atoms with Gasteiger partial charge in [-0.25, -0.2) is 13.7 Å². The van der Waals surface area contributed by atoms with Crippen LogP contribution in [0.25, 0.3) is 11.3 Å². The van der Waals surface area contributed by atoms with Gasteiger partial charge in [-0.05, 0) is 29.3 Å². The third-order valence-electron chi connectivity index (χ3n) is 5.44. The minimum Gasteiger partial charge on any atom is -0.493 e. The molecule has 5 rings (SSSR count). The lowest BCUT2D eigenvalue weighted by Crippen LogP contribution is -2.29. The highest BCUT2D eigenvalue weighted by molar-refractivity contribution is 7.91. The lowest BCUT2D eigenvalue weighted by molar-refractivity contribution is 0.0562. The summed E-state index contributed by atoms with van der Waals surface area (Å²) in [7, 11) is -3.98. The molecule has 0 saturated carbocycles. The monoisotopic (exact) mass is 504 g/mol. The van der Waals surface area contributed by atoms with Crippen molar-refractivity contribution in [3.05, 3.63) is 114 Å². The van der Waals surface area contributed by atoms with Gasteiger partial charge in [-0.3, -0.25) is 0 Å². The Labute approximate surface area is 209 Å². The summed E-state index contributed by atoms with van der Waals surface area (Å²) in [6, 6.07) is 26.4. The van der Waals surface area contributed by atoms with Crippen LogP contribution in [0.1, 0.15) is 11.1 Å². The van der Waals surface area contributed by atoms with Gasteiger partial charge in [0.25, 0.3) is 0 Å². The molecule has 0 bridgehead atoms. The van der Waals surface area contributed by atoms with Gasteiger partial charge in [0.2, 0.25) is 5.88 Å². The fourth-order valence-electron chi connectivity index (χ4n) is 3.71. The van der Waals surface area contributed by atoms with E-state index in [1.807, 2.05) is 72.9 Å². The molecule has 0 unspecified atom stereocenters. The Morgan fingerprint density at radius 1 is 0.889 bits per heavy atom. The summed E-state index contributed by atoms with van der Waals surface area (Å²) in [5.74, 6) is -0.148. The molecule has 0 fully saturated rings. The van der Waals surface area contributed by atoms with Crippen LogP contribution in [-0.4, -0.2) is 23.3 Å². The molecule has 1 aliphatic rings. The number of benzene rings is 3. The van der Waals surface area contributed by atoms with Crippen LogP contribution in [0.3, 0.4) is 0 Å². The second kappa shape index (κ2) is 10.1. The van der Waals surface area contributed by atoms with Gasteiger partial charge in [-0.15, -0.1) is 0 Å². The van der Waals surface area contributed by atoms with Crippen LogP contribution in [0, 0.1) is 0 Å². The fourth-order valence-corrected chi connectivity index (χ4v) is 4.78. The van der Waals surface area contributed by atoms with Crippen molar-refractivity contribution < 1.29 is 23.0 Å². The van der Waals surface area contributed by atoms with E-state index in [9.17, 15) is 13.5 Å². The van der Waals surface area contributed by atoms with Gasteiger partial charge in [-0.2, -0.15) is 13.5 Å². The molecule has 0 atom stereocenters. The molecule has 0 radical (unpaired) electrons. The van der Waals surface area contributed by atoms with E-state index in [0.29, 0.717) is 18.1 Å². The average Bonchev–Trinajstić information content (AvgIpc) is 3.46. The van der Waals surface area contributed by atoms with E-state index in [4.69, 9.17) is 9.47 Å². The number of ether oxygens (including phenoxy) is 2. The standard InChI is InChI=1S/C26H24N4O5S/c31-26-16-30(36(32,33)28-26)24-12-11-22(15-25(24)35-18-21-9-5-2-6-10-21)23-13-14-29(27-23)19-34-17-20-7-3-1-4-8-20/h1-16,28,31H,17-19H2. The van der Waals surface area contributed by atoms with Gasteiger partial charge in [0, 0.05) is 11.8 Å². The molecule has 10 heteroatoms. The highest BCUT2D eigenvalue weighted by Gasteiger charge is 2.31. The molecule has 1 aliphatic heterocycles. The number of hydrogen-bond acceptors (Lipinski definition) is 6. The van der Waals surface area contributed by atoms with Crippen molar-refractivity contribution in [1.82, 2.24) is 14.5 Å². The minimum absolute atomic E-state index is 0.232. The number of rotatable bonds is 9. The Hall–Kier alpha value is -4.28. The quantitative estimate of drug-likeness (QED) is 0.352. The molecule has 9 nitrogen and oxygen atoms in total. The normalized spacial score (nSPS) is 14.3. The van der Waals surface area contributed by atoms with Crippen LogP contribution in [0.4, 0.5) is 5.69 Å². The van der Waals surface area contributed by atoms with Gasteiger partial charge in [-0.1, -0.05) is 66.7 Å². The summed E-state index contributed by atoms with van der Waals surface area (Å²) < 4.78 is 41.4. The summed E-state index contributed by atoms with van der Waals surface area (Å²) in [6.07, 6.45) is 2.91. The van der Waals surface area contributed by atoms with E-state index < -0.39 is 16.1 Å². The smallest absolute Gasteiger partial charge is 0.330 e. The summed E-state index contributed by atoms with van der Waals surface area (Å²) in [5, 5.41) is 14.3. The molecular formula is C26H24N4O5S. The third kappa shape index (κ3) is 5.35. The first-order valence-corrected chi connectivity index (χ1v) is 12.6. The second-order valence-electron chi connectivity index (χ2n) is 8.08. The molecule has 36 heavy (non-hydrogen) atoms. The third-order valence-corrected chi connectivity index (χ3v) is 6.73. The van der Waals surface area contributed by atoms with E-state index >= 15 is 0 Å². The van der Waals surface area contributed by atoms with Crippen molar-refractivity contribution in [2.24, 2.45) is 0 Å². The van der Waals surface area contributed by atoms with Crippen LogP contribution in [-0.2, 0) is 34.9 Å². The van der Waals surface area contributed by atoms with Gasteiger partial charge in [0.1, 0.15) is 24.8 Å². The van der Waals surface area contributed by atoms with Crippen LogP contribution < -0.4 is 13.8 Å². The molecule has 0 saturated heterocycles. The summed E-state index contributed by atoms with van der Waals surface area (Å²) >= 11 is 0. The SMILES string of the molecule is O=S1(=O)NC(O)=CN1c1ccc(-c2ccn(COCc3ccccc3)n2)cc1OCc1ccccc1. The molecule has 3 aromatic carbocycles. The second-order valence-corrected chi connectivity index (χ2v) is 9.63. The Bertz CT molecular complexity index is 1470. The maximum atomic E-state index is 12.5. The molecule has 2 N–H and O–H groups in total. The predicted molar refractivity (Wildman–Crippen MR) is 135 cm³/mol. The summed E-state index contributed by atoms with van der Waals surface area (Å²) in [6.45, 7) is 0.989. The number of nitrogens with one attached hydrogen (secondary N) is 1. The molecule has 4 aromatic rings. The number of aromatic nitrogens is 2. The molecule has 2 heterocycles. The maximum absolute atomic E-state index is 12.5. The number of hydrogen-bond donors (Lipinski definition) is 2. The highest BCUT2D eigenvalue weighted by Crippen LogP contribution is 2.36. The number of aliphatic hydroxyl groups is 1. The first kappa shape index (κ1) is 23.5. The maximum Gasteiger partial charge on any atom is 0.330 e. The van der Waals surface area contributed by atoms with Gasteiger partial charge < -0.3 is 14.6 Å². The van der Waals surface area contributed by atoms with Crippen LogP contribution in [0.2, 0.25) is 0 Å². The predicted octanol–water partition coefficient (Wildman–Crippen LogP) is 4.31. The van der Waals surface area contributed by atoms with Crippen molar-refractivity contribution in [2.45, 2.75) is 19.9 Å². The minimum atomic E-state index is -3.98. The van der Waals surface area contributed by atoms with E-state index in [1.165, 1.54) is 0 Å². The number of anilines is 1. The first-order valence-electron chi connectivity index (χ1n) is 11.2. The summed E-state index contributed by atoms with van der Waals surface area (Å²) in [5.41, 5.74) is 3.68. The van der Waals surface area contributed by atoms with Crippen molar-refractivity contribution in [3.8, 4) is 17.0 Å². The van der Waals surface area contributed by atoms with E-state index in [2.05, 4.69) is 9.82 Å². The van der Waals surface area contributed by atoms with Gasteiger partial charge in [0.05, 0.1) is 18.5 Å². The molecular weight excluding hydrogens is 480 g/mol. The number of aliphatic hydroxyl groups excluding tert-OH is 1. The molecule has 184 valence electrons. The molecule has 1 aromatic heterocycles. The van der Waals surface area contributed by atoms with Crippen LogP contribution in [0.15, 0.2) is 103 Å². The molecule has 0 spiro atoms. The van der Waals surface area contributed by atoms with Gasteiger partial charge in [0.15, 0.2) is 0 Å². The zero-order chi connectivity index (χ0) is 25.0. The van der Waals surface area contributed by atoms with Crippen molar-refractivity contribution in [3.63, 3.8) is 0 Å². The Kier molecular flexibility index (Phi) is 6.61. The van der Waals surface area contributed by atoms with Crippen molar-refractivity contribution >= 4 is 15.9 Å². The topological polar surface area (TPSA) is 106 Å². The summed E-state index contributed by atoms with van der Waals surface area (Å²) in [4.78, 5) is 0. The van der Waals surface area contributed by atoms with Crippen molar-refractivity contribution in [1.29, 1.82) is 0 Å². The number of nitrogens with zero attached hydrogens (tertiary/aromatic N) is 3. The largest absolute Gasteiger partial charge is 0.493 e. The molecule has 0 amide bonds. The molecule has 0 aliphatic carbocycles. The lowest BCUT2D eigenvalue weighted by atomic mass is 10.1.